The van der Waals surface area contributed by atoms with Crippen LogP contribution in [0.1, 0.15) is 58.6 Å². The molecule has 18 heavy (non-hydrogen) atoms. The third-order valence-corrected chi connectivity index (χ3v) is 4.34. The lowest BCUT2D eigenvalue weighted by molar-refractivity contribution is 0.143. The molecular weight excluding hydrogens is 220 g/mol. The van der Waals surface area contributed by atoms with E-state index in [4.69, 9.17) is 0 Å². The van der Waals surface area contributed by atoms with E-state index in [-0.39, 0.29) is 0 Å². The molecule has 1 aliphatic rings. The Morgan fingerprint density at radius 2 is 2.22 bits per heavy atom. The number of hydrogen-bond donors (Lipinski definition) is 1. The summed E-state index contributed by atoms with van der Waals surface area (Å²) in [7, 11) is 0. The Kier molecular flexibility index (Phi) is 4.06. The summed E-state index contributed by atoms with van der Waals surface area (Å²) in [5.41, 5.74) is 1.81. The fourth-order valence-corrected chi connectivity index (χ4v) is 3.24. The lowest BCUT2D eigenvalue weighted by Gasteiger charge is -2.40. The topological polar surface area (TPSA) is 24.9 Å². The van der Waals surface area contributed by atoms with Crippen LogP contribution in [-0.2, 0) is 0 Å². The van der Waals surface area contributed by atoms with Crippen LogP contribution in [0.15, 0.2) is 24.5 Å². The molecule has 100 valence electrons. The molecule has 1 aliphatic carbocycles. The molecule has 1 aromatic rings. The highest BCUT2D eigenvalue weighted by Crippen LogP contribution is 2.39. The zero-order valence-electron chi connectivity index (χ0n) is 12.1. The molecule has 0 radical (unpaired) electrons. The molecule has 0 bridgehead atoms. The van der Waals surface area contributed by atoms with Gasteiger partial charge < -0.3 is 5.32 Å². The molecule has 1 fully saturated rings. The fraction of sp³-hybridized carbons (Fsp3) is 0.688. The van der Waals surface area contributed by atoms with Crippen LogP contribution in [0.2, 0.25) is 0 Å². The quantitative estimate of drug-likeness (QED) is 0.873. The van der Waals surface area contributed by atoms with Crippen molar-refractivity contribution in [2.24, 2.45) is 11.3 Å². The highest BCUT2D eigenvalue weighted by atomic mass is 15.0. The molecule has 3 atom stereocenters. The van der Waals surface area contributed by atoms with Gasteiger partial charge in [0.25, 0.3) is 0 Å². The molecule has 0 aliphatic heterocycles. The van der Waals surface area contributed by atoms with Crippen LogP contribution in [0.3, 0.4) is 0 Å². The van der Waals surface area contributed by atoms with Crippen LogP contribution in [-0.4, -0.2) is 11.0 Å². The zero-order valence-corrected chi connectivity index (χ0v) is 12.1. The van der Waals surface area contributed by atoms with Crippen LogP contribution in [0.4, 0.5) is 0 Å². The molecule has 1 aromatic heterocycles. The highest BCUT2D eigenvalue weighted by molar-refractivity contribution is 5.13. The maximum Gasteiger partial charge on any atom is 0.0315 e. The summed E-state index contributed by atoms with van der Waals surface area (Å²) in [5, 5.41) is 3.78. The first-order chi connectivity index (χ1) is 8.48. The number of aromatic nitrogens is 1. The Bertz CT molecular complexity index is 372. The third kappa shape index (κ3) is 3.32. The smallest absolute Gasteiger partial charge is 0.0315 e. The molecule has 3 unspecified atom stereocenters. The maximum absolute atomic E-state index is 4.20. The normalized spacial score (nSPS) is 28.9. The average molecular weight is 246 g/mol. The second kappa shape index (κ2) is 5.40. The molecule has 2 nitrogen and oxygen atoms in total. The first kappa shape index (κ1) is 13.5. The Labute approximate surface area is 111 Å². The van der Waals surface area contributed by atoms with Gasteiger partial charge in [-0.25, -0.2) is 0 Å². The summed E-state index contributed by atoms with van der Waals surface area (Å²) in [4.78, 5) is 4.20. The largest absolute Gasteiger partial charge is 0.307 e. The molecule has 0 amide bonds. The summed E-state index contributed by atoms with van der Waals surface area (Å²) in [6.45, 7) is 9.41. The third-order valence-electron chi connectivity index (χ3n) is 4.34. The Hall–Kier alpha value is -0.890. The number of rotatable bonds is 3. The van der Waals surface area contributed by atoms with E-state index in [2.05, 4.69) is 44.1 Å². The van der Waals surface area contributed by atoms with Crippen LogP contribution < -0.4 is 5.32 Å². The number of hydrogen-bond acceptors (Lipinski definition) is 2. The van der Waals surface area contributed by atoms with Gasteiger partial charge in [0.15, 0.2) is 0 Å². The molecule has 1 heterocycles. The van der Waals surface area contributed by atoms with Crippen molar-refractivity contribution in [3.63, 3.8) is 0 Å². The van der Waals surface area contributed by atoms with E-state index in [1.807, 2.05) is 18.5 Å². The Morgan fingerprint density at radius 3 is 2.83 bits per heavy atom. The van der Waals surface area contributed by atoms with E-state index >= 15 is 0 Å². The summed E-state index contributed by atoms with van der Waals surface area (Å²) >= 11 is 0. The van der Waals surface area contributed by atoms with Gasteiger partial charge in [-0.3, -0.25) is 4.98 Å². The van der Waals surface area contributed by atoms with Crippen molar-refractivity contribution in [1.29, 1.82) is 0 Å². The van der Waals surface area contributed by atoms with Gasteiger partial charge in [-0.2, -0.15) is 0 Å². The Morgan fingerprint density at radius 1 is 1.44 bits per heavy atom. The average Bonchev–Trinajstić information content (AvgIpc) is 2.33. The number of pyridine rings is 1. The molecule has 0 aromatic carbocycles. The lowest BCUT2D eigenvalue weighted by atomic mass is 9.70. The molecular formula is C16H26N2. The predicted molar refractivity (Wildman–Crippen MR) is 76.4 cm³/mol. The Balaban J connectivity index is 1.94. The van der Waals surface area contributed by atoms with Gasteiger partial charge in [-0.15, -0.1) is 0 Å². The molecule has 1 saturated carbocycles. The highest BCUT2D eigenvalue weighted by Gasteiger charge is 2.32. The van der Waals surface area contributed by atoms with Gasteiger partial charge in [-0.1, -0.05) is 26.8 Å². The minimum atomic E-state index is 0.396. The van der Waals surface area contributed by atoms with Crippen LogP contribution in [0, 0.1) is 11.3 Å². The van der Waals surface area contributed by atoms with Crippen molar-refractivity contribution in [2.45, 2.75) is 59.0 Å². The summed E-state index contributed by atoms with van der Waals surface area (Å²) in [6, 6.07) is 5.21. The van der Waals surface area contributed by atoms with E-state index in [1.54, 1.807) is 0 Å². The van der Waals surface area contributed by atoms with E-state index in [9.17, 15) is 0 Å². The molecule has 0 spiro atoms. The standard InChI is InChI=1S/C16H26N2/c1-12-10-16(3,4)8-7-15(12)18-13(2)14-6-5-9-17-11-14/h5-6,9,11-13,15,18H,7-8,10H2,1-4H3. The summed E-state index contributed by atoms with van der Waals surface area (Å²) < 4.78 is 0. The van der Waals surface area contributed by atoms with Gasteiger partial charge >= 0.3 is 0 Å². The molecule has 1 N–H and O–H groups in total. The minimum Gasteiger partial charge on any atom is -0.307 e. The van der Waals surface area contributed by atoms with Crippen molar-refractivity contribution >= 4 is 0 Å². The monoisotopic (exact) mass is 246 g/mol. The van der Waals surface area contributed by atoms with Gasteiger partial charge in [0, 0.05) is 24.5 Å². The van der Waals surface area contributed by atoms with Crippen molar-refractivity contribution in [2.75, 3.05) is 0 Å². The van der Waals surface area contributed by atoms with Crippen molar-refractivity contribution < 1.29 is 0 Å². The van der Waals surface area contributed by atoms with Crippen molar-refractivity contribution in [3.05, 3.63) is 30.1 Å². The molecule has 2 rings (SSSR count). The summed E-state index contributed by atoms with van der Waals surface area (Å²) in [5.74, 6) is 0.757. The van der Waals surface area contributed by atoms with Gasteiger partial charge in [0.2, 0.25) is 0 Å². The van der Waals surface area contributed by atoms with Crippen molar-refractivity contribution in [1.82, 2.24) is 10.3 Å². The predicted octanol–water partition coefficient (Wildman–Crippen LogP) is 3.95. The van der Waals surface area contributed by atoms with E-state index in [0.717, 1.165) is 5.92 Å². The van der Waals surface area contributed by atoms with Gasteiger partial charge in [-0.05, 0) is 49.1 Å². The van der Waals surface area contributed by atoms with E-state index in [1.165, 1.54) is 24.8 Å². The molecule has 0 saturated heterocycles. The van der Waals surface area contributed by atoms with E-state index < -0.39 is 0 Å². The lowest BCUT2D eigenvalue weighted by Crippen LogP contribution is -2.42. The van der Waals surface area contributed by atoms with Crippen LogP contribution >= 0.6 is 0 Å². The minimum absolute atomic E-state index is 0.396. The second-order valence-corrected chi connectivity index (χ2v) is 6.67. The number of nitrogens with zero attached hydrogens (tertiary/aromatic N) is 1. The SMILES string of the molecule is CC(NC1CCC(C)(C)CC1C)c1cccnc1. The fourth-order valence-electron chi connectivity index (χ4n) is 3.24. The first-order valence-corrected chi connectivity index (χ1v) is 7.14. The first-order valence-electron chi connectivity index (χ1n) is 7.14. The van der Waals surface area contributed by atoms with E-state index in [0.29, 0.717) is 17.5 Å². The van der Waals surface area contributed by atoms with Crippen LogP contribution in [0.5, 0.6) is 0 Å². The maximum atomic E-state index is 4.20. The number of nitrogens with one attached hydrogen (secondary N) is 1. The van der Waals surface area contributed by atoms with Crippen LogP contribution in [0.25, 0.3) is 0 Å². The van der Waals surface area contributed by atoms with Crippen molar-refractivity contribution in [3.8, 4) is 0 Å². The van der Waals surface area contributed by atoms with Gasteiger partial charge in [0.05, 0.1) is 0 Å². The summed E-state index contributed by atoms with van der Waals surface area (Å²) in [6.07, 6.45) is 7.75. The zero-order chi connectivity index (χ0) is 13.2. The molecule has 2 heteroatoms. The van der Waals surface area contributed by atoms with Gasteiger partial charge in [0.1, 0.15) is 0 Å². The second-order valence-electron chi connectivity index (χ2n) is 6.67.